The molecule has 1 aliphatic heterocycles. The van der Waals surface area contributed by atoms with Gasteiger partial charge in [-0.25, -0.2) is 9.59 Å². The number of urea groups is 2. The molecule has 176 valence electrons. The third-order valence-corrected chi connectivity index (χ3v) is 5.86. The van der Waals surface area contributed by atoms with Crippen LogP contribution in [0.5, 0.6) is 5.75 Å². The SMILES string of the molecule is COc1ccc(N2CCCN(Cc3cccc(Cl)c3)C2=O)c(NC(=O)Nc2ccc(C)cc2)c1. The summed E-state index contributed by atoms with van der Waals surface area (Å²) in [5.74, 6) is 0.578. The minimum Gasteiger partial charge on any atom is -0.497 e. The molecule has 4 rings (SSSR count). The van der Waals surface area contributed by atoms with E-state index in [4.69, 9.17) is 16.3 Å². The van der Waals surface area contributed by atoms with Crippen LogP contribution in [0.15, 0.2) is 66.7 Å². The minimum atomic E-state index is -0.404. The van der Waals surface area contributed by atoms with Crippen molar-refractivity contribution in [1.29, 1.82) is 0 Å². The maximum absolute atomic E-state index is 13.4. The van der Waals surface area contributed by atoms with Crippen LogP contribution in [-0.2, 0) is 6.54 Å². The maximum Gasteiger partial charge on any atom is 0.324 e. The van der Waals surface area contributed by atoms with Gasteiger partial charge in [0.25, 0.3) is 0 Å². The Balaban J connectivity index is 1.54. The predicted molar refractivity (Wildman–Crippen MR) is 136 cm³/mol. The number of nitrogens with one attached hydrogen (secondary N) is 2. The van der Waals surface area contributed by atoms with Gasteiger partial charge in [0.05, 0.1) is 18.5 Å². The van der Waals surface area contributed by atoms with E-state index in [9.17, 15) is 9.59 Å². The highest BCUT2D eigenvalue weighted by molar-refractivity contribution is 6.30. The number of amides is 4. The quantitative estimate of drug-likeness (QED) is 0.447. The van der Waals surface area contributed by atoms with Gasteiger partial charge in [0, 0.05) is 36.4 Å². The molecule has 8 heteroatoms. The molecule has 2 N–H and O–H groups in total. The van der Waals surface area contributed by atoms with Gasteiger partial charge in [0.15, 0.2) is 0 Å². The number of halogens is 1. The van der Waals surface area contributed by atoms with Crippen LogP contribution >= 0.6 is 11.6 Å². The van der Waals surface area contributed by atoms with Crippen molar-refractivity contribution in [2.75, 3.05) is 35.7 Å². The molecular formula is C26H27ClN4O3. The molecule has 0 bridgehead atoms. The molecule has 1 aliphatic rings. The summed E-state index contributed by atoms with van der Waals surface area (Å²) < 4.78 is 5.35. The second kappa shape index (κ2) is 10.5. The molecule has 0 saturated carbocycles. The Bertz CT molecular complexity index is 1180. The summed E-state index contributed by atoms with van der Waals surface area (Å²) in [6.07, 6.45) is 0.799. The normalized spacial score (nSPS) is 13.6. The minimum absolute atomic E-state index is 0.126. The average molecular weight is 479 g/mol. The number of hydrogen-bond acceptors (Lipinski definition) is 3. The lowest BCUT2D eigenvalue weighted by Crippen LogP contribution is -2.49. The summed E-state index contributed by atoms with van der Waals surface area (Å²) in [5, 5.41) is 6.34. The Morgan fingerprint density at radius 2 is 1.82 bits per heavy atom. The van der Waals surface area contributed by atoms with Crippen molar-refractivity contribution in [2.45, 2.75) is 19.9 Å². The van der Waals surface area contributed by atoms with Gasteiger partial charge in [0.1, 0.15) is 5.75 Å². The molecule has 1 fully saturated rings. The Morgan fingerprint density at radius 1 is 1.03 bits per heavy atom. The molecule has 0 aromatic heterocycles. The molecule has 0 unspecified atom stereocenters. The van der Waals surface area contributed by atoms with Crippen LogP contribution in [0.3, 0.4) is 0 Å². The van der Waals surface area contributed by atoms with E-state index in [-0.39, 0.29) is 6.03 Å². The van der Waals surface area contributed by atoms with Gasteiger partial charge in [-0.1, -0.05) is 41.4 Å². The average Bonchev–Trinajstić information content (AvgIpc) is 2.82. The maximum atomic E-state index is 13.4. The molecule has 1 heterocycles. The smallest absolute Gasteiger partial charge is 0.324 e. The number of carbonyl (C=O) groups is 2. The summed E-state index contributed by atoms with van der Waals surface area (Å²) >= 11 is 6.12. The van der Waals surface area contributed by atoms with Crippen molar-refractivity contribution in [1.82, 2.24) is 4.90 Å². The Morgan fingerprint density at radius 3 is 2.56 bits per heavy atom. The van der Waals surface area contributed by atoms with Crippen LogP contribution in [0.2, 0.25) is 5.02 Å². The Labute approximate surface area is 204 Å². The van der Waals surface area contributed by atoms with Gasteiger partial charge in [-0.3, -0.25) is 4.90 Å². The number of carbonyl (C=O) groups excluding carboxylic acids is 2. The zero-order chi connectivity index (χ0) is 24.1. The topological polar surface area (TPSA) is 73.9 Å². The fraction of sp³-hybridized carbons (Fsp3) is 0.231. The van der Waals surface area contributed by atoms with Gasteiger partial charge in [-0.05, 0) is 55.3 Å². The van der Waals surface area contributed by atoms with Crippen molar-refractivity contribution in [2.24, 2.45) is 0 Å². The first kappa shape index (κ1) is 23.4. The van der Waals surface area contributed by atoms with Crippen molar-refractivity contribution < 1.29 is 14.3 Å². The Hall–Kier alpha value is -3.71. The Kier molecular flexibility index (Phi) is 7.23. The van der Waals surface area contributed by atoms with Gasteiger partial charge < -0.3 is 20.3 Å². The zero-order valence-corrected chi connectivity index (χ0v) is 19.9. The van der Waals surface area contributed by atoms with Gasteiger partial charge in [-0.2, -0.15) is 0 Å². The fourth-order valence-corrected chi connectivity index (χ4v) is 4.12. The lowest BCUT2D eigenvalue weighted by Gasteiger charge is -2.36. The lowest BCUT2D eigenvalue weighted by molar-refractivity contribution is 0.192. The zero-order valence-electron chi connectivity index (χ0n) is 19.2. The van der Waals surface area contributed by atoms with Crippen LogP contribution in [0.4, 0.5) is 26.7 Å². The first-order chi connectivity index (χ1) is 16.4. The summed E-state index contributed by atoms with van der Waals surface area (Å²) in [6.45, 7) is 3.64. The third-order valence-electron chi connectivity index (χ3n) is 5.63. The number of ether oxygens (including phenoxy) is 1. The van der Waals surface area contributed by atoms with E-state index in [0.717, 1.165) is 17.5 Å². The van der Waals surface area contributed by atoms with Gasteiger partial charge >= 0.3 is 12.1 Å². The molecule has 7 nitrogen and oxygen atoms in total. The van der Waals surface area contributed by atoms with E-state index >= 15 is 0 Å². The fourth-order valence-electron chi connectivity index (χ4n) is 3.91. The molecule has 3 aromatic carbocycles. The number of hydrogen-bond donors (Lipinski definition) is 2. The van der Waals surface area contributed by atoms with Crippen LogP contribution < -0.4 is 20.3 Å². The van der Waals surface area contributed by atoms with E-state index in [1.807, 2.05) is 55.5 Å². The molecule has 0 spiro atoms. The van der Waals surface area contributed by atoms with Crippen molar-refractivity contribution in [3.8, 4) is 5.75 Å². The molecule has 0 radical (unpaired) electrons. The van der Waals surface area contributed by atoms with Gasteiger partial charge in [0.2, 0.25) is 0 Å². The van der Waals surface area contributed by atoms with Crippen molar-refractivity contribution in [3.63, 3.8) is 0 Å². The summed E-state index contributed by atoms with van der Waals surface area (Å²) in [7, 11) is 1.56. The number of aryl methyl sites for hydroxylation is 1. The highest BCUT2D eigenvalue weighted by atomic mass is 35.5. The first-order valence-electron chi connectivity index (χ1n) is 11.1. The van der Waals surface area contributed by atoms with E-state index in [1.165, 1.54) is 0 Å². The molecule has 34 heavy (non-hydrogen) atoms. The molecule has 1 saturated heterocycles. The molecule has 0 atom stereocenters. The molecule has 0 aliphatic carbocycles. The van der Waals surface area contributed by atoms with Crippen molar-refractivity contribution >= 4 is 40.7 Å². The third kappa shape index (κ3) is 5.61. The highest BCUT2D eigenvalue weighted by Crippen LogP contribution is 2.33. The van der Waals surface area contributed by atoms with Crippen LogP contribution in [0, 0.1) is 6.92 Å². The van der Waals surface area contributed by atoms with Crippen LogP contribution in [-0.4, -0.2) is 37.2 Å². The number of benzene rings is 3. The summed E-state index contributed by atoms with van der Waals surface area (Å²) in [5.41, 5.74) is 3.84. The number of rotatable bonds is 6. The first-order valence-corrected chi connectivity index (χ1v) is 11.4. The van der Waals surface area contributed by atoms with Crippen LogP contribution in [0.25, 0.3) is 0 Å². The van der Waals surface area contributed by atoms with E-state index in [2.05, 4.69) is 10.6 Å². The van der Waals surface area contributed by atoms with E-state index in [0.29, 0.717) is 47.5 Å². The highest BCUT2D eigenvalue weighted by Gasteiger charge is 2.29. The summed E-state index contributed by atoms with van der Waals surface area (Å²) in [4.78, 5) is 29.6. The second-order valence-corrected chi connectivity index (χ2v) is 8.60. The second-order valence-electron chi connectivity index (χ2n) is 8.17. The predicted octanol–water partition coefficient (Wildman–Crippen LogP) is 6.13. The van der Waals surface area contributed by atoms with E-state index < -0.39 is 6.03 Å². The summed E-state index contributed by atoms with van der Waals surface area (Å²) in [6, 6.07) is 19.8. The number of nitrogens with zero attached hydrogens (tertiary/aromatic N) is 2. The van der Waals surface area contributed by atoms with Gasteiger partial charge in [-0.15, -0.1) is 0 Å². The molecular weight excluding hydrogens is 452 g/mol. The molecule has 4 amide bonds. The molecule has 3 aromatic rings. The van der Waals surface area contributed by atoms with E-state index in [1.54, 1.807) is 35.1 Å². The monoisotopic (exact) mass is 478 g/mol. The van der Waals surface area contributed by atoms with Crippen LogP contribution in [0.1, 0.15) is 17.5 Å². The largest absolute Gasteiger partial charge is 0.497 e. The standard InChI is InChI=1S/C26H27ClN4O3/c1-18-7-9-21(10-8-18)28-25(32)29-23-16-22(34-2)11-12-24(23)31-14-4-13-30(26(31)33)17-19-5-3-6-20(27)15-19/h3,5-12,15-16H,4,13-14,17H2,1-2H3,(H2,28,29,32). The number of methoxy groups -OCH3 is 1. The number of anilines is 3. The van der Waals surface area contributed by atoms with Crippen molar-refractivity contribution in [3.05, 3.63) is 82.9 Å². The lowest BCUT2D eigenvalue weighted by atomic mass is 10.1.